The van der Waals surface area contributed by atoms with Gasteiger partial charge in [-0.2, -0.15) is 5.26 Å². The molecule has 0 radical (unpaired) electrons. The zero-order valence-corrected chi connectivity index (χ0v) is 6.67. The molecular formula is C8H14N2. The highest BCUT2D eigenvalue weighted by Crippen LogP contribution is 2.16. The number of rotatable bonds is 1. The van der Waals surface area contributed by atoms with E-state index in [0.29, 0.717) is 0 Å². The molecule has 1 aliphatic rings. The molecule has 1 aliphatic heterocycles. The van der Waals surface area contributed by atoms with Crippen LogP contribution < -0.4 is 0 Å². The highest BCUT2D eigenvalue weighted by molar-refractivity contribution is 4.90. The predicted molar refractivity (Wildman–Crippen MR) is 40.4 cm³/mol. The van der Waals surface area contributed by atoms with Crippen LogP contribution in [0.5, 0.6) is 0 Å². The summed E-state index contributed by atoms with van der Waals surface area (Å²) in [5.41, 5.74) is 0. The Labute approximate surface area is 62.4 Å². The summed E-state index contributed by atoms with van der Waals surface area (Å²) in [6.45, 7) is 6.42. The zero-order chi connectivity index (χ0) is 7.56. The van der Waals surface area contributed by atoms with Crippen molar-refractivity contribution in [1.29, 1.82) is 5.26 Å². The molecule has 56 valence electrons. The second-order valence-electron chi connectivity index (χ2n) is 3.19. The third-order valence-corrected chi connectivity index (χ3v) is 2.19. The molecule has 10 heavy (non-hydrogen) atoms. The van der Waals surface area contributed by atoms with Crippen LogP contribution in [0.15, 0.2) is 0 Å². The van der Waals surface area contributed by atoms with Crippen LogP contribution in [-0.4, -0.2) is 24.0 Å². The molecule has 0 spiro atoms. The van der Waals surface area contributed by atoms with Gasteiger partial charge in [0, 0.05) is 6.54 Å². The van der Waals surface area contributed by atoms with Gasteiger partial charge in [0.2, 0.25) is 0 Å². The Morgan fingerprint density at radius 2 is 2.40 bits per heavy atom. The molecule has 0 aromatic carbocycles. The van der Waals surface area contributed by atoms with E-state index in [0.717, 1.165) is 19.0 Å². The monoisotopic (exact) mass is 138 g/mol. The van der Waals surface area contributed by atoms with E-state index < -0.39 is 0 Å². The highest BCUT2D eigenvalue weighted by Gasteiger charge is 2.22. The summed E-state index contributed by atoms with van der Waals surface area (Å²) in [5, 5.41) is 8.59. The molecule has 1 heterocycles. The Morgan fingerprint density at radius 3 is 2.80 bits per heavy atom. The van der Waals surface area contributed by atoms with Gasteiger partial charge in [-0.1, -0.05) is 6.92 Å². The topological polar surface area (TPSA) is 27.0 Å². The van der Waals surface area contributed by atoms with Gasteiger partial charge >= 0.3 is 0 Å². The molecule has 1 fully saturated rings. The molecule has 2 nitrogen and oxygen atoms in total. The van der Waals surface area contributed by atoms with Gasteiger partial charge in [0.1, 0.15) is 0 Å². The van der Waals surface area contributed by atoms with Crippen LogP contribution in [0.2, 0.25) is 0 Å². The van der Waals surface area contributed by atoms with E-state index in [4.69, 9.17) is 5.26 Å². The van der Waals surface area contributed by atoms with E-state index in [1.165, 1.54) is 6.42 Å². The summed E-state index contributed by atoms with van der Waals surface area (Å²) in [5.74, 6) is 0.788. The van der Waals surface area contributed by atoms with Crippen molar-refractivity contribution >= 4 is 0 Å². The van der Waals surface area contributed by atoms with E-state index in [2.05, 4.69) is 17.9 Å². The lowest BCUT2D eigenvalue weighted by Gasteiger charge is -2.16. The molecule has 0 aromatic heterocycles. The SMILES string of the molecule is CC1CCN(C(C)C#N)C1. The summed E-state index contributed by atoms with van der Waals surface area (Å²) in [6.07, 6.45) is 1.26. The standard InChI is InChI=1S/C8H14N2/c1-7-3-4-10(6-7)8(2)5-9/h7-8H,3-4,6H2,1-2H3. The Morgan fingerprint density at radius 1 is 1.70 bits per heavy atom. The lowest BCUT2D eigenvalue weighted by molar-refractivity contribution is 0.296. The van der Waals surface area contributed by atoms with Crippen molar-refractivity contribution in [3.8, 4) is 6.07 Å². The Bertz CT molecular complexity index is 148. The van der Waals surface area contributed by atoms with Crippen LogP contribution in [0.4, 0.5) is 0 Å². The van der Waals surface area contributed by atoms with Crippen molar-refractivity contribution in [2.24, 2.45) is 5.92 Å². The van der Waals surface area contributed by atoms with Gasteiger partial charge in [0.15, 0.2) is 0 Å². The minimum Gasteiger partial charge on any atom is -0.288 e. The minimum absolute atomic E-state index is 0.116. The average Bonchev–Trinajstić information content (AvgIpc) is 2.34. The summed E-state index contributed by atoms with van der Waals surface area (Å²) >= 11 is 0. The Balaban J connectivity index is 2.39. The fraction of sp³-hybridized carbons (Fsp3) is 0.875. The van der Waals surface area contributed by atoms with E-state index >= 15 is 0 Å². The molecule has 0 aromatic rings. The van der Waals surface area contributed by atoms with Crippen molar-refractivity contribution in [3.63, 3.8) is 0 Å². The maximum atomic E-state index is 8.59. The molecule has 0 amide bonds. The van der Waals surface area contributed by atoms with Gasteiger partial charge < -0.3 is 0 Å². The molecule has 1 rings (SSSR count). The van der Waals surface area contributed by atoms with E-state index in [-0.39, 0.29) is 6.04 Å². The molecule has 2 unspecified atom stereocenters. The van der Waals surface area contributed by atoms with Crippen LogP contribution in [0.1, 0.15) is 20.3 Å². The second-order valence-corrected chi connectivity index (χ2v) is 3.19. The van der Waals surface area contributed by atoms with Crippen molar-refractivity contribution in [1.82, 2.24) is 4.90 Å². The second kappa shape index (κ2) is 3.03. The molecule has 1 saturated heterocycles. The number of nitriles is 1. The van der Waals surface area contributed by atoms with Gasteiger partial charge in [-0.25, -0.2) is 0 Å². The number of likely N-dealkylation sites (tertiary alicyclic amines) is 1. The van der Waals surface area contributed by atoms with Crippen molar-refractivity contribution in [2.75, 3.05) is 13.1 Å². The Kier molecular flexibility index (Phi) is 2.29. The van der Waals surface area contributed by atoms with Crippen LogP contribution in [0, 0.1) is 17.2 Å². The van der Waals surface area contributed by atoms with E-state index in [9.17, 15) is 0 Å². The maximum absolute atomic E-state index is 8.59. The summed E-state index contributed by atoms with van der Waals surface area (Å²) < 4.78 is 0. The van der Waals surface area contributed by atoms with Gasteiger partial charge in [-0.15, -0.1) is 0 Å². The predicted octanol–water partition coefficient (Wildman–Crippen LogP) is 1.24. The molecule has 0 saturated carbocycles. The van der Waals surface area contributed by atoms with Crippen molar-refractivity contribution in [2.45, 2.75) is 26.3 Å². The van der Waals surface area contributed by atoms with E-state index in [1.807, 2.05) is 6.92 Å². The first kappa shape index (κ1) is 7.56. The summed E-state index contributed by atoms with van der Waals surface area (Å²) in [6, 6.07) is 2.37. The van der Waals surface area contributed by atoms with Crippen molar-refractivity contribution < 1.29 is 0 Å². The molecule has 0 aliphatic carbocycles. The lowest BCUT2D eigenvalue weighted by atomic mass is 10.2. The fourth-order valence-electron chi connectivity index (χ4n) is 1.40. The van der Waals surface area contributed by atoms with Crippen LogP contribution in [0.3, 0.4) is 0 Å². The first-order valence-electron chi connectivity index (χ1n) is 3.87. The summed E-state index contributed by atoms with van der Waals surface area (Å²) in [7, 11) is 0. The smallest absolute Gasteiger partial charge is 0.0949 e. The first-order chi connectivity index (χ1) is 4.74. The zero-order valence-electron chi connectivity index (χ0n) is 6.67. The fourth-order valence-corrected chi connectivity index (χ4v) is 1.40. The highest BCUT2D eigenvalue weighted by atomic mass is 15.2. The molecule has 2 heteroatoms. The van der Waals surface area contributed by atoms with Gasteiger partial charge in [0.05, 0.1) is 12.1 Å². The Hall–Kier alpha value is -0.550. The molecule has 0 bridgehead atoms. The minimum atomic E-state index is 0.116. The third-order valence-electron chi connectivity index (χ3n) is 2.19. The van der Waals surface area contributed by atoms with Gasteiger partial charge in [-0.05, 0) is 25.8 Å². The molecule has 2 atom stereocenters. The molecular weight excluding hydrogens is 124 g/mol. The van der Waals surface area contributed by atoms with Gasteiger partial charge in [-0.3, -0.25) is 4.90 Å². The normalized spacial score (nSPS) is 29.9. The third kappa shape index (κ3) is 1.48. The largest absolute Gasteiger partial charge is 0.288 e. The number of hydrogen-bond donors (Lipinski definition) is 0. The van der Waals surface area contributed by atoms with Crippen molar-refractivity contribution in [3.05, 3.63) is 0 Å². The van der Waals surface area contributed by atoms with Gasteiger partial charge in [0.25, 0.3) is 0 Å². The van der Waals surface area contributed by atoms with Crippen LogP contribution in [0.25, 0.3) is 0 Å². The summed E-state index contributed by atoms with van der Waals surface area (Å²) in [4.78, 5) is 2.24. The maximum Gasteiger partial charge on any atom is 0.0949 e. The van der Waals surface area contributed by atoms with Crippen LogP contribution >= 0.6 is 0 Å². The van der Waals surface area contributed by atoms with Crippen LogP contribution in [-0.2, 0) is 0 Å². The molecule has 0 N–H and O–H groups in total. The quantitative estimate of drug-likeness (QED) is 0.545. The lowest BCUT2D eigenvalue weighted by Crippen LogP contribution is -2.29. The average molecular weight is 138 g/mol. The number of nitrogens with zero attached hydrogens (tertiary/aromatic N) is 2. The number of hydrogen-bond acceptors (Lipinski definition) is 2. The first-order valence-corrected chi connectivity index (χ1v) is 3.87. The van der Waals surface area contributed by atoms with E-state index in [1.54, 1.807) is 0 Å².